The number of fused-ring (bicyclic) bond motifs is 1. The van der Waals surface area contributed by atoms with Crippen molar-refractivity contribution in [3.63, 3.8) is 0 Å². The number of amides is 2. The molecule has 4 rings (SSSR count). The van der Waals surface area contributed by atoms with Crippen LogP contribution in [-0.2, 0) is 22.6 Å². The van der Waals surface area contributed by atoms with Crippen molar-refractivity contribution >= 4 is 36.6 Å². The zero-order valence-electron chi connectivity index (χ0n) is 15.5. The lowest BCUT2D eigenvalue weighted by molar-refractivity contribution is -0.134. The molecule has 0 saturated carbocycles. The Labute approximate surface area is 173 Å². The van der Waals surface area contributed by atoms with Crippen LogP contribution in [0.5, 0.6) is 0 Å². The fourth-order valence-electron chi connectivity index (χ4n) is 4.44. The van der Waals surface area contributed by atoms with Gasteiger partial charge >= 0.3 is 0 Å². The van der Waals surface area contributed by atoms with Crippen LogP contribution in [0.2, 0.25) is 0 Å². The van der Waals surface area contributed by atoms with Crippen LogP contribution >= 0.6 is 24.8 Å². The van der Waals surface area contributed by atoms with Crippen molar-refractivity contribution in [2.24, 2.45) is 5.92 Å². The van der Waals surface area contributed by atoms with Crippen LogP contribution in [0.3, 0.4) is 0 Å². The summed E-state index contributed by atoms with van der Waals surface area (Å²) in [5.74, 6) is 0.369. The Bertz CT molecular complexity index is 677. The van der Waals surface area contributed by atoms with Crippen LogP contribution in [0.4, 0.5) is 0 Å². The number of carbonyl (C=O) groups excluding carboxylic acids is 2. The van der Waals surface area contributed by atoms with Gasteiger partial charge in [0.25, 0.3) is 0 Å². The molecule has 0 aliphatic carbocycles. The fraction of sp³-hybridized carbons (Fsp3) is 0.600. The zero-order valence-corrected chi connectivity index (χ0v) is 17.2. The van der Waals surface area contributed by atoms with Gasteiger partial charge in [0.2, 0.25) is 11.8 Å². The molecule has 0 bridgehead atoms. The smallest absolute Gasteiger partial charge is 0.234 e. The average Bonchev–Trinajstić information content (AvgIpc) is 2.62. The van der Waals surface area contributed by atoms with Gasteiger partial charge in [0.15, 0.2) is 0 Å². The van der Waals surface area contributed by atoms with Crippen molar-refractivity contribution in [3.05, 3.63) is 34.9 Å². The van der Waals surface area contributed by atoms with Gasteiger partial charge in [-0.25, -0.2) is 0 Å². The third-order valence-corrected chi connectivity index (χ3v) is 5.94. The predicted molar refractivity (Wildman–Crippen MR) is 111 cm³/mol. The normalized spacial score (nSPS) is 23.6. The van der Waals surface area contributed by atoms with E-state index in [0.717, 1.165) is 44.1 Å². The first-order valence-electron chi connectivity index (χ1n) is 9.57. The number of halogens is 2. The lowest BCUT2D eigenvalue weighted by Gasteiger charge is -2.34. The molecule has 2 N–H and O–H groups in total. The summed E-state index contributed by atoms with van der Waals surface area (Å²) in [7, 11) is 0. The van der Waals surface area contributed by atoms with Gasteiger partial charge in [0.05, 0.1) is 5.92 Å². The Hall–Kier alpha value is -1.14. The minimum Gasteiger partial charge on any atom is -0.317 e. The quantitative estimate of drug-likeness (QED) is 0.746. The van der Waals surface area contributed by atoms with E-state index in [9.17, 15) is 9.59 Å². The monoisotopic (exact) mass is 413 g/mol. The molecule has 3 heterocycles. The molecule has 27 heavy (non-hydrogen) atoms. The Morgan fingerprint density at radius 2 is 1.78 bits per heavy atom. The molecule has 2 saturated heterocycles. The first-order chi connectivity index (χ1) is 12.2. The van der Waals surface area contributed by atoms with E-state index >= 15 is 0 Å². The van der Waals surface area contributed by atoms with E-state index in [4.69, 9.17) is 0 Å². The summed E-state index contributed by atoms with van der Waals surface area (Å²) >= 11 is 0. The molecule has 1 atom stereocenters. The highest BCUT2D eigenvalue weighted by atomic mass is 35.5. The highest BCUT2D eigenvalue weighted by Gasteiger charge is 2.29. The summed E-state index contributed by atoms with van der Waals surface area (Å²) in [5.41, 5.74) is 3.84. The highest BCUT2D eigenvalue weighted by Crippen LogP contribution is 2.29. The van der Waals surface area contributed by atoms with Gasteiger partial charge in [-0.2, -0.15) is 0 Å². The van der Waals surface area contributed by atoms with Crippen molar-refractivity contribution in [3.8, 4) is 0 Å². The molecule has 3 aliphatic rings. The minimum atomic E-state index is -0.171. The van der Waals surface area contributed by atoms with Crippen molar-refractivity contribution in [2.45, 2.75) is 44.6 Å². The third-order valence-electron chi connectivity index (χ3n) is 5.94. The topological polar surface area (TPSA) is 61.4 Å². The number of nitrogens with zero attached hydrogens (tertiary/aromatic N) is 1. The molecule has 5 nitrogen and oxygen atoms in total. The summed E-state index contributed by atoms with van der Waals surface area (Å²) in [6.07, 6.45) is 4.71. The summed E-state index contributed by atoms with van der Waals surface area (Å²) in [4.78, 5) is 26.0. The number of piperidine rings is 2. The predicted octanol–water partition coefficient (Wildman–Crippen LogP) is 2.41. The fourth-order valence-corrected chi connectivity index (χ4v) is 4.44. The van der Waals surface area contributed by atoms with E-state index in [-0.39, 0.29) is 42.5 Å². The lowest BCUT2D eigenvalue weighted by Crippen LogP contribution is -2.40. The van der Waals surface area contributed by atoms with Gasteiger partial charge in [0.1, 0.15) is 0 Å². The maximum atomic E-state index is 12.1. The molecule has 3 aliphatic heterocycles. The number of rotatable bonds is 3. The highest BCUT2D eigenvalue weighted by molar-refractivity contribution is 6.00. The largest absolute Gasteiger partial charge is 0.317 e. The van der Waals surface area contributed by atoms with E-state index in [1.807, 2.05) is 0 Å². The Morgan fingerprint density at radius 1 is 1.00 bits per heavy atom. The molecule has 7 heteroatoms. The van der Waals surface area contributed by atoms with Gasteiger partial charge in [-0.05, 0) is 61.4 Å². The summed E-state index contributed by atoms with van der Waals surface area (Å²) < 4.78 is 0. The number of benzene rings is 1. The average molecular weight is 414 g/mol. The van der Waals surface area contributed by atoms with Gasteiger partial charge in [-0.3, -0.25) is 19.8 Å². The van der Waals surface area contributed by atoms with Crippen LogP contribution < -0.4 is 10.6 Å². The standard InChI is InChI=1S/C20H27N3O2.2ClH/c24-19-4-3-18(20(25)22-19)16-1-2-17-13-23(10-7-15(17)11-16)12-14-5-8-21-9-6-14;;/h1-2,11,14,18,21H,3-10,12-13H2,(H,22,24,25);2*1H/t18-;;/m1../s1. The van der Waals surface area contributed by atoms with Gasteiger partial charge in [0, 0.05) is 26.1 Å². The zero-order chi connectivity index (χ0) is 17.2. The number of imide groups is 1. The maximum Gasteiger partial charge on any atom is 0.234 e. The Morgan fingerprint density at radius 3 is 2.52 bits per heavy atom. The van der Waals surface area contributed by atoms with Crippen molar-refractivity contribution in [2.75, 3.05) is 26.2 Å². The molecular formula is C20H29Cl2N3O2. The Kier molecular flexibility index (Phi) is 8.10. The molecule has 150 valence electrons. The van der Waals surface area contributed by atoms with E-state index in [2.05, 4.69) is 33.7 Å². The van der Waals surface area contributed by atoms with E-state index in [1.54, 1.807) is 0 Å². The summed E-state index contributed by atoms with van der Waals surface area (Å²) in [6.45, 7) is 5.65. The second-order valence-corrected chi connectivity index (χ2v) is 7.71. The SMILES string of the molecule is Cl.Cl.O=C1CC[C@H](c2ccc3c(c2)CCN(CC2CCNCC2)C3)C(=O)N1. The van der Waals surface area contributed by atoms with Crippen molar-refractivity contribution in [1.29, 1.82) is 0 Å². The van der Waals surface area contributed by atoms with E-state index in [0.29, 0.717) is 12.8 Å². The first kappa shape index (κ1) is 22.2. The maximum absolute atomic E-state index is 12.1. The second kappa shape index (κ2) is 9.87. The lowest BCUT2D eigenvalue weighted by atomic mass is 9.87. The minimum absolute atomic E-state index is 0. The van der Waals surface area contributed by atoms with Crippen molar-refractivity contribution < 1.29 is 9.59 Å². The van der Waals surface area contributed by atoms with Crippen LogP contribution in [0, 0.1) is 5.92 Å². The number of hydrogen-bond donors (Lipinski definition) is 2. The van der Waals surface area contributed by atoms with Crippen molar-refractivity contribution in [1.82, 2.24) is 15.5 Å². The number of hydrogen-bond acceptors (Lipinski definition) is 4. The molecule has 0 unspecified atom stereocenters. The van der Waals surface area contributed by atoms with E-state index in [1.165, 1.54) is 30.5 Å². The van der Waals surface area contributed by atoms with Crippen LogP contribution in [-0.4, -0.2) is 42.9 Å². The number of carbonyl (C=O) groups is 2. The molecule has 1 aromatic rings. The molecular weight excluding hydrogens is 385 g/mol. The summed E-state index contributed by atoms with van der Waals surface area (Å²) in [6, 6.07) is 6.49. The number of nitrogens with one attached hydrogen (secondary N) is 2. The van der Waals surface area contributed by atoms with Crippen LogP contribution in [0.15, 0.2) is 18.2 Å². The Balaban J connectivity index is 0.00000131. The molecule has 0 spiro atoms. The van der Waals surface area contributed by atoms with Gasteiger partial charge < -0.3 is 5.32 Å². The molecule has 2 amide bonds. The van der Waals surface area contributed by atoms with Crippen LogP contribution in [0.1, 0.15) is 48.3 Å². The third kappa shape index (κ3) is 5.23. The first-order valence-corrected chi connectivity index (χ1v) is 9.57. The second-order valence-electron chi connectivity index (χ2n) is 7.71. The molecule has 0 aromatic heterocycles. The summed E-state index contributed by atoms with van der Waals surface area (Å²) in [5, 5.41) is 5.91. The van der Waals surface area contributed by atoms with Crippen LogP contribution in [0.25, 0.3) is 0 Å². The van der Waals surface area contributed by atoms with Gasteiger partial charge in [-0.1, -0.05) is 18.2 Å². The van der Waals surface area contributed by atoms with Gasteiger partial charge in [-0.15, -0.1) is 24.8 Å². The molecule has 0 radical (unpaired) electrons. The molecule has 2 fully saturated rings. The van der Waals surface area contributed by atoms with E-state index < -0.39 is 0 Å². The molecule has 1 aromatic carbocycles.